The Kier molecular flexibility index (Phi) is 2.85. The summed E-state index contributed by atoms with van der Waals surface area (Å²) in [6, 6.07) is 0. The standard InChI is InChI=1S/C8H15N3OS/c1-8(2,3)9-7-11(4)10-6(12)5-13-7/h5H2,1-4H3,(H,10,12)/b9-7-. The van der Waals surface area contributed by atoms with E-state index in [2.05, 4.69) is 10.4 Å². The minimum absolute atomic E-state index is 0.0281. The van der Waals surface area contributed by atoms with E-state index in [0.717, 1.165) is 5.17 Å². The molecule has 0 radical (unpaired) electrons. The molecule has 1 N–H and O–H groups in total. The van der Waals surface area contributed by atoms with E-state index in [-0.39, 0.29) is 11.4 Å². The fourth-order valence-corrected chi connectivity index (χ4v) is 1.79. The number of aliphatic imine (C=N–C) groups is 1. The monoisotopic (exact) mass is 201 g/mol. The fraction of sp³-hybridized carbons (Fsp3) is 0.750. The van der Waals surface area contributed by atoms with Gasteiger partial charge in [0, 0.05) is 7.05 Å². The summed E-state index contributed by atoms with van der Waals surface area (Å²) in [6.07, 6.45) is 0. The second kappa shape index (κ2) is 3.57. The Morgan fingerprint density at radius 2 is 2.15 bits per heavy atom. The molecule has 0 unspecified atom stereocenters. The molecule has 4 nitrogen and oxygen atoms in total. The molecule has 0 bridgehead atoms. The molecule has 1 fully saturated rings. The minimum atomic E-state index is -0.0986. The number of nitrogens with zero attached hydrogens (tertiary/aromatic N) is 2. The maximum Gasteiger partial charge on any atom is 0.249 e. The molecular formula is C8H15N3OS. The van der Waals surface area contributed by atoms with Gasteiger partial charge in [0.25, 0.3) is 0 Å². The highest BCUT2D eigenvalue weighted by Crippen LogP contribution is 2.16. The zero-order chi connectivity index (χ0) is 10.1. The van der Waals surface area contributed by atoms with E-state index in [1.54, 1.807) is 12.1 Å². The summed E-state index contributed by atoms with van der Waals surface area (Å²) in [5, 5.41) is 2.54. The predicted octanol–water partition coefficient (Wildman–Crippen LogP) is 0.851. The third kappa shape index (κ3) is 3.26. The van der Waals surface area contributed by atoms with Crippen LogP contribution in [-0.4, -0.2) is 34.4 Å². The first-order valence-electron chi connectivity index (χ1n) is 4.14. The third-order valence-corrected chi connectivity index (χ3v) is 2.37. The molecule has 1 amide bonds. The molecule has 1 aliphatic rings. The number of hydrogen-bond donors (Lipinski definition) is 1. The van der Waals surface area contributed by atoms with Gasteiger partial charge in [-0.25, -0.2) is 0 Å². The van der Waals surface area contributed by atoms with Crippen LogP contribution in [0.25, 0.3) is 0 Å². The van der Waals surface area contributed by atoms with Crippen LogP contribution >= 0.6 is 11.8 Å². The van der Waals surface area contributed by atoms with E-state index in [1.165, 1.54) is 11.8 Å². The average molecular weight is 201 g/mol. The van der Waals surface area contributed by atoms with E-state index in [4.69, 9.17) is 0 Å². The molecular weight excluding hydrogens is 186 g/mol. The number of rotatable bonds is 0. The van der Waals surface area contributed by atoms with Crippen molar-refractivity contribution in [3.63, 3.8) is 0 Å². The maximum absolute atomic E-state index is 11.0. The molecule has 1 rings (SSSR count). The Morgan fingerprint density at radius 1 is 1.54 bits per heavy atom. The highest BCUT2D eigenvalue weighted by Gasteiger charge is 2.20. The van der Waals surface area contributed by atoms with E-state index in [9.17, 15) is 4.79 Å². The smallest absolute Gasteiger partial charge is 0.249 e. The van der Waals surface area contributed by atoms with E-state index in [1.807, 2.05) is 20.8 Å². The second-order valence-electron chi connectivity index (χ2n) is 3.95. The Bertz CT molecular complexity index is 244. The summed E-state index contributed by atoms with van der Waals surface area (Å²) >= 11 is 1.47. The van der Waals surface area contributed by atoms with Gasteiger partial charge in [0.2, 0.25) is 5.91 Å². The Hall–Kier alpha value is -0.710. The number of thioether (sulfide) groups is 1. The normalized spacial score (nSPS) is 22.0. The first kappa shape index (κ1) is 10.4. The molecule has 0 saturated carbocycles. The third-order valence-electron chi connectivity index (χ3n) is 1.34. The van der Waals surface area contributed by atoms with Gasteiger partial charge in [-0.3, -0.25) is 20.2 Å². The quantitative estimate of drug-likeness (QED) is 0.632. The van der Waals surface area contributed by atoms with Crippen LogP contribution in [0.4, 0.5) is 0 Å². The molecule has 0 aromatic heterocycles. The molecule has 1 heterocycles. The average Bonchev–Trinajstić information content (AvgIpc) is 1.93. The molecule has 0 spiro atoms. The first-order valence-corrected chi connectivity index (χ1v) is 5.13. The van der Waals surface area contributed by atoms with E-state index >= 15 is 0 Å². The molecule has 0 aliphatic carbocycles. The van der Waals surface area contributed by atoms with Crippen molar-refractivity contribution in [2.75, 3.05) is 12.8 Å². The highest BCUT2D eigenvalue weighted by atomic mass is 32.2. The molecule has 13 heavy (non-hydrogen) atoms. The summed E-state index contributed by atoms with van der Waals surface area (Å²) in [5.74, 6) is 0.486. The molecule has 0 atom stereocenters. The fourth-order valence-electron chi connectivity index (χ4n) is 0.888. The lowest BCUT2D eigenvalue weighted by atomic mass is 10.1. The minimum Gasteiger partial charge on any atom is -0.272 e. The largest absolute Gasteiger partial charge is 0.272 e. The molecule has 0 aromatic carbocycles. The highest BCUT2D eigenvalue weighted by molar-refractivity contribution is 8.14. The van der Waals surface area contributed by atoms with Gasteiger partial charge in [0.1, 0.15) is 0 Å². The lowest BCUT2D eigenvalue weighted by molar-refractivity contribution is -0.121. The van der Waals surface area contributed by atoms with Crippen LogP contribution in [0.5, 0.6) is 0 Å². The predicted molar refractivity (Wildman–Crippen MR) is 55.6 cm³/mol. The van der Waals surface area contributed by atoms with E-state index in [0.29, 0.717) is 5.75 Å². The van der Waals surface area contributed by atoms with Crippen molar-refractivity contribution in [2.24, 2.45) is 4.99 Å². The van der Waals surface area contributed by atoms with Gasteiger partial charge < -0.3 is 0 Å². The van der Waals surface area contributed by atoms with Crippen molar-refractivity contribution in [1.82, 2.24) is 10.4 Å². The first-order chi connectivity index (χ1) is 5.88. The summed E-state index contributed by atoms with van der Waals surface area (Å²) in [7, 11) is 1.80. The van der Waals surface area contributed by atoms with Gasteiger partial charge in [-0.05, 0) is 20.8 Å². The van der Waals surface area contributed by atoms with Gasteiger partial charge in [-0.2, -0.15) is 0 Å². The summed E-state index contributed by atoms with van der Waals surface area (Å²) in [5.41, 5.74) is 2.60. The van der Waals surface area contributed by atoms with Crippen LogP contribution < -0.4 is 5.43 Å². The molecule has 1 aliphatic heterocycles. The van der Waals surface area contributed by atoms with E-state index < -0.39 is 0 Å². The number of nitrogens with one attached hydrogen (secondary N) is 1. The number of carbonyl (C=O) groups is 1. The van der Waals surface area contributed by atoms with Crippen molar-refractivity contribution in [3.05, 3.63) is 0 Å². The van der Waals surface area contributed by atoms with Gasteiger partial charge >= 0.3 is 0 Å². The topological polar surface area (TPSA) is 44.7 Å². The van der Waals surface area contributed by atoms with Gasteiger partial charge in [-0.1, -0.05) is 11.8 Å². The Morgan fingerprint density at radius 3 is 2.62 bits per heavy atom. The van der Waals surface area contributed by atoms with Crippen LogP contribution in [0.15, 0.2) is 4.99 Å². The number of amides is 1. The maximum atomic E-state index is 11.0. The number of amidine groups is 1. The molecule has 74 valence electrons. The summed E-state index contributed by atoms with van der Waals surface area (Å²) in [6.45, 7) is 6.10. The number of hydrogen-bond acceptors (Lipinski definition) is 3. The van der Waals surface area contributed by atoms with Crippen LogP contribution in [0.1, 0.15) is 20.8 Å². The van der Waals surface area contributed by atoms with Crippen molar-refractivity contribution in [3.8, 4) is 0 Å². The SMILES string of the molecule is CN1NC(=O)CS/C1=N\C(C)(C)C. The Labute approximate surface area is 82.7 Å². The van der Waals surface area contributed by atoms with Crippen molar-refractivity contribution in [1.29, 1.82) is 0 Å². The zero-order valence-corrected chi connectivity index (χ0v) is 9.23. The van der Waals surface area contributed by atoms with Gasteiger partial charge in [-0.15, -0.1) is 0 Å². The molecule has 1 saturated heterocycles. The second-order valence-corrected chi connectivity index (χ2v) is 4.89. The van der Waals surface area contributed by atoms with Crippen molar-refractivity contribution < 1.29 is 4.79 Å². The summed E-state index contributed by atoms with van der Waals surface area (Å²) < 4.78 is 0. The zero-order valence-electron chi connectivity index (χ0n) is 8.42. The van der Waals surface area contributed by atoms with Crippen molar-refractivity contribution >= 4 is 22.8 Å². The van der Waals surface area contributed by atoms with Gasteiger partial charge in [0.15, 0.2) is 5.17 Å². The Balaban J connectivity index is 2.71. The van der Waals surface area contributed by atoms with Crippen LogP contribution in [-0.2, 0) is 4.79 Å². The number of hydrazine groups is 1. The van der Waals surface area contributed by atoms with Crippen molar-refractivity contribution in [2.45, 2.75) is 26.3 Å². The molecule has 0 aromatic rings. The van der Waals surface area contributed by atoms with Crippen LogP contribution in [0.3, 0.4) is 0 Å². The molecule has 5 heteroatoms. The lowest BCUT2D eigenvalue weighted by Crippen LogP contribution is -2.48. The summed E-state index contributed by atoms with van der Waals surface area (Å²) in [4.78, 5) is 15.4. The van der Waals surface area contributed by atoms with Gasteiger partial charge in [0.05, 0.1) is 11.3 Å². The van der Waals surface area contributed by atoms with Crippen LogP contribution in [0, 0.1) is 0 Å². The number of carbonyl (C=O) groups excluding carboxylic acids is 1. The van der Waals surface area contributed by atoms with Crippen LogP contribution in [0.2, 0.25) is 0 Å². The lowest BCUT2D eigenvalue weighted by Gasteiger charge is -2.28.